The summed E-state index contributed by atoms with van der Waals surface area (Å²) in [5.74, 6) is -1.33. The van der Waals surface area contributed by atoms with Crippen molar-refractivity contribution < 1.29 is 14.4 Å². The summed E-state index contributed by atoms with van der Waals surface area (Å²) in [6, 6.07) is 23.2. The van der Waals surface area contributed by atoms with Crippen molar-refractivity contribution in [2.45, 2.75) is 12.7 Å². The van der Waals surface area contributed by atoms with Gasteiger partial charge in [-0.2, -0.15) is 0 Å². The van der Waals surface area contributed by atoms with Gasteiger partial charge in [0, 0.05) is 11.1 Å². The summed E-state index contributed by atoms with van der Waals surface area (Å²) in [5, 5.41) is 13.8. The van der Waals surface area contributed by atoms with E-state index in [0.717, 1.165) is 10.5 Å². The van der Waals surface area contributed by atoms with Crippen LogP contribution in [0.4, 0.5) is 5.69 Å². The Kier molecular flexibility index (Phi) is 4.77. The van der Waals surface area contributed by atoms with Crippen LogP contribution in [0.1, 0.15) is 37.7 Å². The van der Waals surface area contributed by atoms with Crippen LogP contribution in [0, 0.1) is 0 Å². The quantitative estimate of drug-likeness (QED) is 0.463. The predicted octanol–water partition coefficient (Wildman–Crippen LogP) is 2.21. The SMILES string of the molecule is O=C1C(N2C(=O)c3ccccc3C2=O)N=C(c2ccccc2)c2ccccc2N1Cc1nnn[nH]1. The molecule has 2 aliphatic heterocycles. The Hall–Kier alpha value is -4.99. The molecule has 1 N–H and O–H groups in total. The molecule has 3 heterocycles. The van der Waals surface area contributed by atoms with E-state index in [-0.39, 0.29) is 17.7 Å². The van der Waals surface area contributed by atoms with Crippen LogP contribution in [-0.4, -0.2) is 55.1 Å². The topological polar surface area (TPSA) is 125 Å². The molecule has 1 atom stereocenters. The molecule has 3 amide bonds. The Morgan fingerprint density at radius 2 is 1.40 bits per heavy atom. The minimum absolute atomic E-state index is 0.000105. The zero-order valence-corrected chi connectivity index (χ0v) is 18.2. The van der Waals surface area contributed by atoms with Crippen molar-refractivity contribution in [3.05, 3.63) is 107 Å². The van der Waals surface area contributed by atoms with Gasteiger partial charge in [-0.15, -0.1) is 5.10 Å². The number of aromatic amines is 1. The number of imide groups is 1. The van der Waals surface area contributed by atoms with E-state index in [0.29, 0.717) is 22.8 Å². The number of para-hydroxylation sites is 1. The zero-order chi connectivity index (χ0) is 23.9. The van der Waals surface area contributed by atoms with E-state index < -0.39 is 23.9 Å². The van der Waals surface area contributed by atoms with Gasteiger partial charge in [0.2, 0.25) is 6.17 Å². The highest BCUT2D eigenvalue weighted by Gasteiger charge is 2.46. The summed E-state index contributed by atoms with van der Waals surface area (Å²) < 4.78 is 0. The largest absolute Gasteiger partial charge is 0.301 e. The Morgan fingerprint density at radius 1 is 0.771 bits per heavy atom. The van der Waals surface area contributed by atoms with E-state index in [1.165, 1.54) is 4.90 Å². The van der Waals surface area contributed by atoms with Gasteiger partial charge in [0.05, 0.1) is 29.1 Å². The highest BCUT2D eigenvalue weighted by molar-refractivity contribution is 6.25. The third-order valence-corrected chi connectivity index (χ3v) is 6.00. The molecule has 0 saturated heterocycles. The summed E-state index contributed by atoms with van der Waals surface area (Å²) >= 11 is 0. The molecule has 0 radical (unpaired) electrons. The van der Waals surface area contributed by atoms with E-state index in [4.69, 9.17) is 4.99 Å². The van der Waals surface area contributed by atoms with Crippen molar-refractivity contribution in [1.82, 2.24) is 25.5 Å². The van der Waals surface area contributed by atoms with Crippen LogP contribution in [0.25, 0.3) is 0 Å². The standard InChI is InChI=1S/C25H17N7O3/c33-23-16-10-4-5-11-17(16)24(34)32(23)22-25(35)31(14-20-27-29-30-28-20)19-13-7-6-12-18(19)21(26-22)15-8-2-1-3-9-15/h1-13,22H,14H2,(H,27,28,29,30). The first kappa shape index (κ1) is 20.6. The number of benzodiazepines with no additional fused rings is 1. The van der Waals surface area contributed by atoms with Crippen LogP contribution in [-0.2, 0) is 11.3 Å². The summed E-state index contributed by atoms with van der Waals surface area (Å²) in [6.07, 6.45) is -1.42. The number of tetrazole rings is 1. The van der Waals surface area contributed by atoms with Crippen LogP contribution >= 0.6 is 0 Å². The first-order chi connectivity index (χ1) is 17.1. The second-order valence-electron chi connectivity index (χ2n) is 8.03. The number of aliphatic imine (C=N–C) groups is 1. The molecule has 0 fully saturated rings. The van der Waals surface area contributed by atoms with Crippen LogP contribution in [0.2, 0.25) is 0 Å². The number of rotatable bonds is 4. The molecule has 1 aromatic heterocycles. The summed E-state index contributed by atoms with van der Waals surface area (Å²) in [4.78, 5) is 47.8. The van der Waals surface area contributed by atoms with E-state index >= 15 is 0 Å². The number of H-pyrrole nitrogens is 1. The van der Waals surface area contributed by atoms with Crippen molar-refractivity contribution in [1.29, 1.82) is 0 Å². The van der Waals surface area contributed by atoms with E-state index in [9.17, 15) is 14.4 Å². The number of amides is 3. The molecule has 10 heteroatoms. The molecule has 1 unspecified atom stereocenters. The molecule has 6 rings (SSSR count). The van der Waals surface area contributed by atoms with Gasteiger partial charge in [0.1, 0.15) is 0 Å². The van der Waals surface area contributed by atoms with E-state index in [1.54, 1.807) is 30.3 Å². The number of nitrogens with one attached hydrogen (secondary N) is 1. The molecular formula is C25H17N7O3. The van der Waals surface area contributed by atoms with Gasteiger partial charge < -0.3 is 4.90 Å². The third kappa shape index (κ3) is 3.31. The van der Waals surface area contributed by atoms with E-state index in [2.05, 4.69) is 20.6 Å². The zero-order valence-electron chi connectivity index (χ0n) is 18.2. The van der Waals surface area contributed by atoms with Crippen LogP contribution in [0.3, 0.4) is 0 Å². The number of hydrogen-bond acceptors (Lipinski definition) is 7. The maximum Gasteiger partial charge on any atom is 0.273 e. The lowest BCUT2D eigenvalue weighted by Crippen LogP contribution is -2.49. The minimum atomic E-state index is -1.42. The maximum absolute atomic E-state index is 14.0. The number of hydrogen-bond donors (Lipinski definition) is 1. The fraction of sp³-hybridized carbons (Fsp3) is 0.0800. The fourth-order valence-electron chi connectivity index (χ4n) is 4.40. The fourth-order valence-corrected chi connectivity index (χ4v) is 4.40. The number of carbonyl (C=O) groups excluding carboxylic acids is 3. The van der Waals surface area contributed by atoms with Crippen LogP contribution in [0.5, 0.6) is 0 Å². The molecule has 0 bridgehead atoms. The first-order valence-electron chi connectivity index (χ1n) is 10.9. The highest BCUT2D eigenvalue weighted by atomic mass is 16.2. The molecular weight excluding hydrogens is 446 g/mol. The van der Waals surface area contributed by atoms with Crippen molar-refractivity contribution in [3.63, 3.8) is 0 Å². The van der Waals surface area contributed by atoms with Gasteiger partial charge in [-0.25, -0.2) is 15.0 Å². The second kappa shape index (κ2) is 8.10. The lowest BCUT2D eigenvalue weighted by atomic mass is 10.0. The molecule has 10 nitrogen and oxygen atoms in total. The molecule has 35 heavy (non-hydrogen) atoms. The Bertz CT molecular complexity index is 1460. The van der Waals surface area contributed by atoms with Crippen LogP contribution < -0.4 is 4.90 Å². The number of benzene rings is 3. The van der Waals surface area contributed by atoms with Gasteiger partial charge in [-0.1, -0.05) is 60.7 Å². The Labute approximate surface area is 198 Å². The summed E-state index contributed by atoms with van der Waals surface area (Å²) in [7, 11) is 0. The number of fused-ring (bicyclic) bond motifs is 2. The number of carbonyl (C=O) groups is 3. The summed E-state index contributed by atoms with van der Waals surface area (Å²) in [6.45, 7) is 0.000105. The molecule has 2 aliphatic rings. The summed E-state index contributed by atoms with van der Waals surface area (Å²) in [5.41, 5.74) is 2.98. The monoisotopic (exact) mass is 463 g/mol. The average Bonchev–Trinajstić information content (AvgIpc) is 3.48. The Balaban J connectivity index is 1.55. The number of aromatic nitrogens is 4. The first-order valence-corrected chi connectivity index (χ1v) is 10.9. The molecule has 3 aromatic carbocycles. The predicted molar refractivity (Wildman–Crippen MR) is 125 cm³/mol. The number of anilines is 1. The smallest absolute Gasteiger partial charge is 0.273 e. The molecule has 170 valence electrons. The van der Waals surface area contributed by atoms with Gasteiger partial charge in [-0.3, -0.25) is 14.4 Å². The van der Waals surface area contributed by atoms with Crippen molar-refractivity contribution in [3.8, 4) is 0 Å². The van der Waals surface area contributed by atoms with Crippen molar-refractivity contribution in [2.75, 3.05) is 4.90 Å². The molecule has 0 spiro atoms. The minimum Gasteiger partial charge on any atom is -0.301 e. The van der Waals surface area contributed by atoms with Crippen LogP contribution in [0.15, 0.2) is 83.9 Å². The van der Waals surface area contributed by atoms with Gasteiger partial charge in [0.25, 0.3) is 17.7 Å². The second-order valence-corrected chi connectivity index (χ2v) is 8.03. The lowest BCUT2D eigenvalue weighted by molar-refractivity contribution is -0.122. The molecule has 4 aromatic rings. The molecule has 0 saturated carbocycles. The van der Waals surface area contributed by atoms with Gasteiger partial charge in [0.15, 0.2) is 5.82 Å². The van der Waals surface area contributed by atoms with E-state index in [1.807, 2.05) is 48.5 Å². The Morgan fingerprint density at radius 3 is 2.06 bits per heavy atom. The maximum atomic E-state index is 14.0. The van der Waals surface area contributed by atoms with Gasteiger partial charge in [-0.05, 0) is 28.6 Å². The molecule has 0 aliphatic carbocycles. The number of nitrogens with zero attached hydrogens (tertiary/aromatic N) is 6. The van der Waals surface area contributed by atoms with Crippen molar-refractivity contribution >= 4 is 29.1 Å². The van der Waals surface area contributed by atoms with Crippen molar-refractivity contribution in [2.24, 2.45) is 4.99 Å². The lowest BCUT2D eigenvalue weighted by Gasteiger charge is -2.27. The highest BCUT2D eigenvalue weighted by Crippen LogP contribution is 2.33. The third-order valence-electron chi connectivity index (χ3n) is 6.00. The normalized spacial score (nSPS) is 17.2. The average molecular weight is 463 g/mol. The van der Waals surface area contributed by atoms with Gasteiger partial charge >= 0.3 is 0 Å².